The summed E-state index contributed by atoms with van der Waals surface area (Å²) in [6.45, 7) is 0. The first-order chi connectivity index (χ1) is 10.3. The number of amidine groups is 1. The summed E-state index contributed by atoms with van der Waals surface area (Å²) in [5.41, 5.74) is 8.37. The van der Waals surface area contributed by atoms with Crippen LogP contribution < -0.4 is 20.3 Å². The lowest BCUT2D eigenvalue weighted by Crippen LogP contribution is -2.31. The van der Waals surface area contributed by atoms with Gasteiger partial charge in [-0.05, 0) is 42.0 Å². The minimum Gasteiger partial charge on any atom is -0.497 e. The first kappa shape index (κ1) is 13.5. The molecule has 2 aromatic rings. The number of methoxy groups -OCH3 is 2. The quantitative estimate of drug-likeness (QED) is 0.903. The number of hydrazine groups is 1. The average Bonchev–Trinajstić information content (AvgIpc) is 3.05. The van der Waals surface area contributed by atoms with Crippen molar-refractivity contribution < 1.29 is 9.47 Å². The highest BCUT2D eigenvalue weighted by Gasteiger charge is 2.18. The second-order valence-corrected chi connectivity index (χ2v) is 4.65. The summed E-state index contributed by atoms with van der Waals surface area (Å²) in [5, 5.41) is 0. The third-order valence-corrected chi connectivity index (χ3v) is 3.38. The minimum atomic E-state index is -0.104. The molecule has 0 saturated carbocycles. The standard InChI is InChI=1S/C16H17N3O2/c1-20-13-7-3-11(4-8-13)15-17-16(19-18-15)12-5-9-14(21-2)10-6-12/h3-10,15,18H,1-2H3,(H,17,19). The maximum absolute atomic E-state index is 5.16. The molecule has 1 atom stereocenters. The van der Waals surface area contributed by atoms with E-state index in [0.29, 0.717) is 0 Å². The van der Waals surface area contributed by atoms with E-state index in [0.717, 1.165) is 28.5 Å². The lowest BCUT2D eigenvalue weighted by Gasteiger charge is -2.08. The molecule has 0 amide bonds. The summed E-state index contributed by atoms with van der Waals surface area (Å²) in [6.07, 6.45) is -0.104. The molecular weight excluding hydrogens is 266 g/mol. The Labute approximate surface area is 123 Å². The fourth-order valence-electron chi connectivity index (χ4n) is 2.17. The maximum Gasteiger partial charge on any atom is 0.144 e. The zero-order valence-corrected chi connectivity index (χ0v) is 12.0. The summed E-state index contributed by atoms with van der Waals surface area (Å²) >= 11 is 0. The van der Waals surface area contributed by atoms with Crippen molar-refractivity contribution in [3.63, 3.8) is 0 Å². The predicted octanol–water partition coefficient (Wildman–Crippen LogP) is 2.26. The molecule has 3 rings (SSSR count). The van der Waals surface area contributed by atoms with Gasteiger partial charge < -0.3 is 14.9 Å². The van der Waals surface area contributed by atoms with E-state index in [1.54, 1.807) is 14.2 Å². The first-order valence-corrected chi connectivity index (χ1v) is 6.68. The highest BCUT2D eigenvalue weighted by atomic mass is 16.5. The topological polar surface area (TPSA) is 54.9 Å². The third kappa shape index (κ3) is 2.83. The predicted molar refractivity (Wildman–Crippen MR) is 81.5 cm³/mol. The molecule has 1 aliphatic rings. The van der Waals surface area contributed by atoms with Crippen molar-refractivity contribution in [3.05, 3.63) is 59.7 Å². The van der Waals surface area contributed by atoms with Crippen LogP contribution in [-0.4, -0.2) is 20.1 Å². The van der Waals surface area contributed by atoms with Crippen LogP contribution in [0.5, 0.6) is 11.5 Å². The largest absolute Gasteiger partial charge is 0.497 e. The Bertz CT molecular complexity index is 636. The van der Waals surface area contributed by atoms with Gasteiger partial charge >= 0.3 is 0 Å². The molecule has 0 aromatic heterocycles. The van der Waals surface area contributed by atoms with Crippen LogP contribution in [0, 0.1) is 0 Å². The van der Waals surface area contributed by atoms with Crippen LogP contribution in [0.25, 0.3) is 0 Å². The van der Waals surface area contributed by atoms with E-state index in [4.69, 9.17) is 9.47 Å². The van der Waals surface area contributed by atoms with Gasteiger partial charge in [-0.3, -0.25) is 0 Å². The Balaban J connectivity index is 1.79. The lowest BCUT2D eigenvalue weighted by atomic mass is 10.1. The maximum atomic E-state index is 5.16. The SMILES string of the molecule is COc1ccc(C2=NC(c3ccc(OC)cc3)NN2)cc1. The monoisotopic (exact) mass is 283 g/mol. The Morgan fingerprint density at radius 3 is 2.00 bits per heavy atom. The van der Waals surface area contributed by atoms with Crippen molar-refractivity contribution >= 4 is 5.84 Å². The van der Waals surface area contributed by atoms with Gasteiger partial charge in [-0.1, -0.05) is 12.1 Å². The molecule has 1 heterocycles. The minimum absolute atomic E-state index is 0.104. The summed E-state index contributed by atoms with van der Waals surface area (Å²) in [7, 11) is 3.31. The highest BCUT2D eigenvalue weighted by Crippen LogP contribution is 2.22. The van der Waals surface area contributed by atoms with Crippen LogP contribution in [0.2, 0.25) is 0 Å². The van der Waals surface area contributed by atoms with Gasteiger partial charge in [0.25, 0.3) is 0 Å². The van der Waals surface area contributed by atoms with Gasteiger partial charge in [0.1, 0.15) is 23.5 Å². The molecule has 1 unspecified atom stereocenters. The molecule has 0 bridgehead atoms. The molecule has 0 saturated heterocycles. The molecule has 0 aliphatic carbocycles. The number of hydrogen-bond acceptors (Lipinski definition) is 5. The smallest absolute Gasteiger partial charge is 0.144 e. The summed E-state index contributed by atoms with van der Waals surface area (Å²) in [6, 6.07) is 15.6. The number of benzene rings is 2. The van der Waals surface area contributed by atoms with E-state index in [9.17, 15) is 0 Å². The number of rotatable bonds is 4. The molecule has 108 valence electrons. The average molecular weight is 283 g/mol. The van der Waals surface area contributed by atoms with Crippen molar-refractivity contribution in [1.29, 1.82) is 0 Å². The molecule has 0 radical (unpaired) electrons. The zero-order valence-electron chi connectivity index (χ0n) is 12.0. The number of ether oxygens (including phenoxy) is 2. The summed E-state index contributed by atoms with van der Waals surface area (Å²) < 4.78 is 10.3. The van der Waals surface area contributed by atoms with E-state index in [1.807, 2.05) is 48.5 Å². The van der Waals surface area contributed by atoms with Gasteiger partial charge in [0.05, 0.1) is 14.2 Å². The zero-order chi connectivity index (χ0) is 14.7. The summed E-state index contributed by atoms with van der Waals surface area (Å²) in [4.78, 5) is 4.65. The number of hydrogen-bond donors (Lipinski definition) is 2. The van der Waals surface area contributed by atoms with Crippen molar-refractivity contribution in [1.82, 2.24) is 10.9 Å². The van der Waals surface area contributed by atoms with E-state index in [2.05, 4.69) is 15.8 Å². The molecule has 2 aromatic carbocycles. The van der Waals surface area contributed by atoms with Gasteiger partial charge in [-0.15, -0.1) is 0 Å². The highest BCUT2D eigenvalue weighted by molar-refractivity contribution is 5.99. The van der Waals surface area contributed by atoms with Crippen molar-refractivity contribution in [2.24, 2.45) is 4.99 Å². The second kappa shape index (κ2) is 5.85. The van der Waals surface area contributed by atoms with Gasteiger partial charge in [0.2, 0.25) is 0 Å². The Morgan fingerprint density at radius 2 is 1.43 bits per heavy atom. The molecule has 1 aliphatic heterocycles. The molecule has 21 heavy (non-hydrogen) atoms. The molecule has 2 N–H and O–H groups in total. The van der Waals surface area contributed by atoms with Gasteiger partial charge in [-0.2, -0.15) is 0 Å². The molecule has 0 fully saturated rings. The van der Waals surface area contributed by atoms with E-state index in [1.165, 1.54) is 0 Å². The van der Waals surface area contributed by atoms with Gasteiger partial charge in [0.15, 0.2) is 0 Å². The van der Waals surface area contributed by atoms with Crippen molar-refractivity contribution in [2.45, 2.75) is 6.17 Å². The Kier molecular flexibility index (Phi) is 3.75. The van der Waals surface area contributed by atoms with Crippen LogP contribution in [0.1, 0.15) is 17.3 Å². The van der Waals surface area contributed by atoms with Crippen LogP contribution in [0.15, 0.2) is 53.5 Å². The van der Waals surface area contributed by atoms with E-state index in [-0.39, 0.29) is 6.17 Å². The Hall–Kier alpha value is -2.53. The number of nitrogens with one attached hydrogen (secondary N) is 2. The van der Waals surface area contributed by atoms with Crippen molar-refractivity contribution in [3.8, 4) is 11.5 Å². The van der Waals surface area contributed by atoms with Gasteiger partial charge in [0, 0.05) is 5.56 Å². The van der Waals surface area contributed by atoms with Crippen LogP contribution >= 0.6 is 0 Å². The normalized spacial score (nSPS) is 17.0. The van der Waals surface area contributed by atoms with E-state index >= 15 is 0 Å². The van der Waals surface area contributed by atoms with Crippen LogP contribution in [0.4, 0.5) is 0 Å². The van der Waals surface area contributed by atoms with Crippen LogP contribution in [0.3, 0.4) is 0 Å². The third-order valence-electron chi connectivity index (χ3n) is 3.38. The number of nitrogens with zero attached hydrogens (tertiary/aromatic N) is 1. The van der Waals surface area contributed by atoms with Crippen LogP contribution in [-0.2, 0) is 0 Å². The number of aliphatic imine (C=N–C) groups is 1. The molecule has 0 spiro atoms. The van der Waals surface area contributed by atoms with Gasteiger partial charge in [-0.25, -0.2) is 10.4 Å². The summed E-state index contributed by atoms with van der Waals surface area (Å²) in [5.74, 6) is 2.49. The first-order valence-electron chi connectivity index (χ1n) is 6.68. The fraction of sp³-hybridized carbons (Fsp3) is 0.188. The fourth-order valence-corrected chi connectivity index (χ4v) is 2.17. The molecule has 5 heteroatoms. The second-order valence-electron chi connectivity index (χ2n) is 4.65. The van der Waals surface area contributed by atoms with E-state index < -0.39 is 0 Å². The lowest BCUT2D eigenvalue weighted by molar-refractivity contribution is 0.414. The molecular formula is C16H17N3O2. The van der Waals surface area contributed by atoms with Crippen molar-refractivity contribution in [2.75, 3.05) is 14.2 Å². The molecule has 5 nitrogen and oxygen atoms in total. The Morgan fingerprint density at radius 1 is 0.857 bits per heavy atom.